The van der Waals surface area contributed by atoms with E-state index in [1.807, 2.05) is 0 Å². The molecule has 0 aliphatic rings. The number of allylic oxidation sites excluding steroid dienone is 2. The van der Waals surface area contributed by atoms with E-state index < -0.39 is 0 Å². The molecule has 0 spiro atoms. The lowest BCUT2D eigenvalue weighted by Crippen LogP contribution is -1.83. The largest absolute Gasteiger partial charge is 0.0885 e. The van der Waals surface area contributed by atoms with Gasteiger partial charge in [0.1, 0.15) is 0 Å². The van der Waals surface area contributed by atoms with Crippen LogP contribution in [0.2, 0.25) is 0 Å². The van der Waals surface area contributed by atoms with Crippen molar-refractivity contribution in [2.75, 3.05) is 0 Å². The highest BCUT2D eigenvalue weighted by molar-refractivity contribution is 4.81. The molecule has 0 aromatic heterocycles. The zero-order chi connectivity index (χ0) is 18.3. The average molecular weight is 349 g/mol. The Morgan fingerprint density at radius 3 is 0.960 bits per heavy atom. The van der Waals surface area contributed by atoms with Crippen LogP contribution in [0.25, 0.3) is 0 Å². The molecule has 0 N–H and O–H groups in total. The maximum absolute atomic E-state index is 3.90. The highest BCUT2D eigenvalue weighted by atomic mass is 14.0. The minimum atomic E-state index is 1.07. The van der Waals surface area contributed by atoms with Crippen LogP contribution in [0.5, 0.6) is 0 Å². The van der Waals surface area contributed by atoms with Gasteiger partial charge in [-0.3, -0.25) is 0 Å². The van der Waals surface area contributed by atoms with Crippen LogP contribution < -0.4 is 0 Å². The Bertz CT molecular complexity index is 240. The summed E-state index contributed by atoms with van der Waals surface area (Å²) >= 11 is 0. The van der Waals surface area contributed by atoms with Gasteiger partial charge in [-0.1, -0.05) is 135 Å². The van der Waals surface area contributed by atoms with Crippen molar-refractivity contribution in [2.45, 2.75) is 135 Å². The Labute approximate surface area is 161 Å². The first-order valence-corrected chi connectivity index (χ1v) is 11.6. The molecular weight excluding hydrogens is 300 g/mol. The van der Waals surface area contributed by atoms with Crippen LogP contribution in [0.15, 0.2) is 12.2 Å². The molecule has 0 atom stereocenters. The van der Waals surface area contributed by atoms with Crippen molar-refractivity contribution in [3.63, 3.8) is 0 Å². The van der Waals surface area contributed by atoms with Crippen LogP contribution in [0.3, 0.4) is 0 Å². The average Bonchev–Trinajstić information content (AvgIpc) is 2.63. The molecule has 2 radical (unpaired) electrons. The second kappa shape index (κ2) is 23.7. The summed E-state index contributed by atoms with van der Waals surface area (Å²) in [5.74, 6) is 0. The fourth-order valence-corrected chi connectivity index (χ4v) is 3.41. The summed E-state index contributed by atoms with van der Waals surface area (Å²) in [4.78, 5) is 0. The Morgan fingerprint density at radius 1 is 0.320 bits per heavy atom. The van der Waals surface area contributed by atoms with Crippen molar-refractivity contribution in [3.8, 4) is 0 Å². The SMILES string of the molecule is [CH2]CCC/C=C/CCCCCCCCCCCCCCCCCC[CH2]. The van der Waals surface area contributed by atoms with Crippen LogP contribution in [-0.2, 0) is 0 Å². The van der Waals surface area contributed by atoms with Gasteiger partial charge in [0, 0.05) is 0 Å². The zero-order valence-corrected chi connectivity index (χ0v) is 17.4. The van der Waals surface area contributed by atoms with Crippen molar-refractivity contribution in [2.24, 2.45) is 0 Å². The monoisotopic (exact) mass is 348 g/mol. The highest BCUT2D eigenvalue weighted by Gasteiger charge is 1.94. The summed E-state index contributed by atoms with van der Waals surface area (Å²) < 4.78 is 0. The molecule has 0 heteroatoms. The van der Waals surface area contributed by atoms with Crippen molar-refractivity contribution in [1.82, 2.24) is 0 Å². The molecule has 0 aromatic carbocycles. The maximum atomic E-state index is 3.90. The second-order valence-electron chi connectivity index (χ2n) is 7.77. The number of hydrogen-bond donors (Lipinski definition) is 0. The Kier molecular flexibility index (Phi) is 23.5. The molecule has 0 aliphatic carbocycles. The molecule has 0 aliphatic heterocycles. The van der Waals surface area contributed by atoms with Gasteiger partial charge in [-0.25, -0.2) is 0 Å². The predicted octanol–water partition coefficient (Wildman–Crippen LogP) is 9.40. The molecule has 0 fully saturated rings. The predicted molar refractivity (Wildman–Crippen MR) is 117 cm³/mol. The first-order valence-electron chi connectivity index (χ1n) is 11.6. The highest BCUT2D eigenvalue weighted by Crippen LogP contribution is 2.14. The molecule has 0 aromatic rings. The molecule has 0 unspecified atom stereocenters. The van der Waals surface area contributed by atoms with E-state index in [1.165, 1.54) is 122 Å². The molecular formula is C25H48. The Hall–Kier alpha value is -0.260. The van der Waals surface area contributed by atoms with Gasteiger partial charge < -0.3 is 0 Å². The van der Waals surface area contributed by atoms with E-state index in [9.17, 15) is 0 Å². The minimum Gasteiger partial charge on any atom is -0.0885 e. The summed E-state index contributed by atoms with van der Waals surface area (Å²) in [5, 5.41) is 0. The smallest absolute Gasteiger partial charge is 0.0351 e. The number of hydrogen-bond acceptors (Lipinski definition) is 0. The fourth-order valence-electron chi connectivity index (χ4n) is 3.41. The van der Waals surface area contributed by atoms with E-state index in [2.05, 4.69) is 26.0 Å². The fraction of sp³-hybridized carbons (Fsp3) is 0.840. The standard InChI is InChI=1S/C25H48/c1-3-5-7-9-11-13-15-17-19-21-23-25-24-22-20-18-16-14-12-10-8-6-4-2/h9,11H,1-8,10,12-25H2/b11-9+. The lowest BCUT2D eigenvalue weighted by molar-refractivity contribution is 0.528. The Balaban J connectivity index is 2.99. The van der Waals surface area contributed by atoms with Gasteiger partial charge in [-0.15, -0.1) is 0 Å². The summed E-state index contributed by atoms with van der Waals surface area (Å²) in [6.07, 6.45) is 33.7. The van der Waals surface area contributed by atoms with Gasteiger partial charge in [0.15, 0.2) is 0 Å². The van der Waals surface area contributed by atoms with Crippen LogP contribution in [0.1, 0.15) is 135 Å². The normalized spacial score (nSPS) is 11.6. The molecule has 0 bridgehead atoms. The van der Waals surface area contributed by atoms with E-state index in [0.29, 0.717) is 0 Å². The van der Waals surface area contributed by atoms with Gasteiger partial charge in [0.25, 0.3) is 0 Å². The topological polar surface area (TPSA) is 0 Å². The van der Waals surface area contributed by atoms with Gasteiger partial charge in [0.05, 0.1) is 0 Å². The first kappa shape index (κ1) is 24.7. The maximum Gasteiger partial charge on any atom is -0.0351 e. The summed E-state index contributed by atoms with van der Waals surface area (Å²) in [5.41, 5.74) is 0. The summed E-state index contributed by atoms with van der Waals surface area (Å²) in [7, 11) is 0. The first-order chi connectivity index (χ1) is 12.4. The molecule has 0 rings (SSSR count). The van der Waals surface area contributed by atoms with E-state index >= 15 is 0 Å². The Morgan fingerprint density at radius 2 is 0.600 bits per heavy atom. The zero-order valence-electron chi connectivity index (χ0n) is 17.4. The number of unbranched alkanes of at least 4 members (excludes halogenated alkanes) is 19. The molecule has 0 saturated heterocycles. The second-order valence-corrected chi connectivity index (χ2v) is 7.77. The summed E-state index contributed by atoms with van der Waals surface area (Å²) in [6, 6.07) is 0. The number of rotatable bonds is 21. The molecule has 0 saturated carbocycles. The van der Waals surface area contributed by atoms with E-state index in [0.717, 1.165) is 12.8 Å². The van der Waals surface area contributed by atoms with E-state index in [1.54, 1.807) is 0 Å². The van der Waals surface area contributed by atoms with Gasteiger partial charge >= 0.3 is 0 Å². The molecule has 25 heavy (non-hydrogen) atoms. The lowest BCUT2D eigenvalue weighted by Gasteiger charge is -2.03. The van der Waals surface area contributed by atoms with Crippen molar-refractivity contribution in [1.29, 1.82) is 0 Å². The minimum absolute atomic E-state index is 1.07. The van der Waals surface area contributed by atoms with Gasteiger partial charge in [-0.2, -0.15) is 0 Å². The van der Waals surface area contributed by atoms with Crippen molar-refractivity contribution < 1.29 is 0 Å². The van der Waals surface area contributed by atoms with E-state index in [-0.39, 0.29) is 0 Å². The van der Waals surface area contributed by atoms with Crippen LogP contribution >= 0.6 is 0 Å². The third-order valence-corrected chi connectivity index (χ3v) is 5.16. The van der Waals surface area contributed by atoms with Gasteiger partial charge in [-0.05, 0) is 25.7 Å². The third kappa shape index (κ3) is 23.7. The van der Waals surface area contributed by atoms with Crippen LogP contribution in [-0.4, -0.2) is 0 Å². The van der Waals surface area contributed by atoms with Crippen molar-refractivity contribution in [3.05, 3.63) is 26.0 Å². The van der Waals surface area contributed by atoms with Crippen LogP contribution in [0, 0.1) is 13.8 Å². The molecule has 0 nitrogen and oxygen atoms in total. The van der Waals surface area contributed by atoms with E-state index in [4.69, 9.17) is 0 Å². The quantitative estimate of drug-likeness (QED) is 0.143. The third-order valence-electron chi connectivity index (χ3n) is 5.16. The summed E-state index contributed by atoms with van der Waals surface area (Å²) in [6.45, 7) is 7.78. The van der Waals surface area contributed by atoms with Crippen LogP contribution in [0.4, 0.5) is 0 Å². The lowest BCUT2D eigenvalue weighted by atomic mass is 10.0. The van der Waals surface area contributed by atoms with Crippen molar-refractivity contribution >= 4 is 0 Å². The molecule has 0 heterocycles. The van der Waals surface area contributed by atoms with Gasteiger partial charge in [0.2, 0.25) is 0 Å². The molecule has 148 valence electrons. The molecule has 0 amide bonds.